The van der Waals surface area contributed by atoms with Crippen LogP contribution in [0.5, 0.6) is 0 Å². The molecule has 52 heavy (non-hydrogen) atoms. The highest BCUT2D eigenvalue weighted by Gasteiger charge is 2.28. The minimum absolute atomic E-state index is 0.0690. The van der Waals surface area contributed by atoms with Gasteiger partial charge in [-0.25, -0.2) is 17.6 Å². The van der Waals surface area contributed by atoms with Gasteiger partial charge < -0.3 is 63.2 Å². The zero-order valence-electron chi connectivity index (χ0n) is 29.3. The predicted molar refractivity (Wildman–Crippen MR) is 175 cm³/mol. The Morgan fingerprint density at radius 3 is 1.04 bits per heavy atom. The summed E-state index contributed by atoms with van der Waals surface area (Å²) in [5, 5.41) is 4.64. The van der Waals surface area contributed by atoms with Crippen LogP contribution in [-0.2, 0) is 52.1 Å². The second kappa shape index (κ2) is 34.0. The molecule has 21 heteroatoms. The first kappa shape index (κ1) is 47.3. The zero-order valence-corrected chi connectivity index (χ0v) is 29.3. The molecule has 17 nitrogen and oxygen atoms in total. The highest BCUT2D eigenvalue weighted by molar-refractivity contribution is 5.95. The zero-order chi connectivity index (χ0) is 37.9. The molecule has 0 aliphatic heterocycles. The third-order valence-corrected chi connectivity index (χ3v) is 6.13. The monoisotopic (exact) mass is 761 g/mol. The highest BCUT2D eigenvalue weighted by Crippen LogP contribution is 2.30. The summed E-state index contributed by atoms with van der Waals surface area (Å²) in [5.41, 5.74) is 10.6. The summed E-state index contributed by atoms with van der Waals surface area (Å²) in [4.78, 5) is 14.1. The first-order valence-electron chi connectivity index (χ1n) is 16.7. The molecule has 0 radical (unpaired) electrons. The predicted octanol–water partition coefficient (Wildman–Crippen LogP) is 2.06. The first-order valence-corrected chi connectivity index (χ1v) is 16.7. The van der Waals surface area contributed by atoms with Crippen LogP contribution in [0.3, 0.4) is 0 Å². The third-order valence-electron chi connectivity index (χ3n) is 6.13. The Kier molecular flexibility index (Phi) is 30.9. The molecule has 0 atom stereocenters. The summed E-state index contributed by atoms with van der Waals surface area (Å²) < 4.78 is 115. The fourth-order valence-corrected chi connectivity index (χ4v) is 3.66. The van der Waals surface area contributed by atoms with Crippen molar-refractivity contribution in [1.82, 2.24) is 5.32 Å². The van der Waals surface area contributed by atoms with Gasteiger partial charge in [0.2, 0.25) is 0 Å². The van der Waals surface area contributed by atoms with Gasteiger partial charge in [-0.05, 0) is 5.53 Å². The van der Waals surface area contributed by atoms with Crippen LogP contribution >= 0.6 is 0 Å². The minimum atomic E-state index is -1.98. The second-order valence-corrected chi connectivity index (χ2v) is 9.95. The summed E-state index contributed by atoms with van der Waals surface area (Å²) >= 11 is 0. The molecule has 0 heterocycles. The van der Waals surface area contributed by atoms with Crippen LogP contribution in [-0.4, -0.2) is 164 Å². The number of carbonyl (C=O) groups excluding carboxylic acids is 1. The lowest BCUT2D eigenvalue weighted by molar-refractivity contribution is -0.0274. The van der Waals surface area contributed by atoms with Crippen molar-refractivity contribution in [2.24, 2.45) is 10.8 Å². The van der Waals surface area contributed by atoms with Gasteiger partial charge in [0.15, 0.2) is 23.3 Å². The van der Waals surface area contributed by atoms with Gasteiger partial charge in [-0.15, -0.1) is 0 Å². The van der Waals surface area contributed by atoms with Crippen LogP contribution < -0.4 is 11.1 Å². The van der Waals surface area contributed by atoms with E-state index < -0.39 is 40.4 Å². The van der Waals surface area contributed by atoms with Crippen LogP contribution in [0.25, 0.3) is 10.4 Å². The SMILES string of the molecule is [N-]=[N+]=Nc1c(F)c(F)c(C(=O)NCCOCCOCCOCCOCCOCCOCCOCCOCCOCCOCCOCCN)c(F)c1F. The topological polar surface area (TPSA) is 205 Å². The summed E-state index contributed by atoms with van der Waals surface area (Å²) in [6.45, 7) is 9.05. The van der Waals surface area contributed by atoms with Crippen molar-refractivity contribution in [2.75, 3.05) is 158 Å². The van der Waals surface area contributed by atoms with Gasteiger partial charge >= 0.3 is 0 Å². The minimum Gasteiger partial charge on any atom is -0.378 e. The van der Waals surface area contributed by atoms with Crippen molar-refractivity contribution in [1.29, 1.82) is 0 Å². The lowest BCUT2D eigenvalue weighted by Crippen LogP contribution is -2.30. The van der Waals surface area contributed by atoms with E-state index in [1.807, 2.05) is 0 Å². The van der Waals surface area contributed by atoms with Crippen LogP contribution in [0.4, 0.5) is 23.2 Å². The normalized spacial score (nSPS) is 11.2. The number of rotatable bonds is 37. The number of carbonyl (C=O) groups is 1. The summed E-state index contributed by atoms with van der Waals surface area (Å²) in [5.74, 6) is -9.33. The molecule has 0 aliphatic rings. The molecule has 0 fully saturated rings. The molecule has 0 unspecified atom stereocenters. The van der Waals surface area contributed by atoms with Gasteiger partial charge in [0, 0.05) is 18.0 Å². The standard InChI is InChI=1S/C31H51F4N5O12/c32-26-25(27(33)29(35)30(28(26)34)39-40-37)31(41)38-2-4-43-6-8-45-10-12-47-14-16-49-18-20-51-22-24-52-23-21-50-19-17-48-15-13-46-11-9-44-7-5-42-3-1-36/h1-24,36H2,(H,38,41). The van der Waals surface area contributed by atoms with Crippen LogP contribution in [0.1, 0.15) is 10.4 Å². The van der Waals surface area contributed by atoms with Gasteiger partial charge in [-0.3, -0.25) is 4.79 Å². The fourth-order valence-electron chi connectivity index (χ4n) is 3.66. The number of hydrogen-bond acceptors (Lipinski definition) is 14. The quantitative estimate of drug-likeness (QED) is 0.0249. The molecule has 1 aromatic rings. The number of hydrogen-bond donors (Lipinski definition) is 2. The van der Waals surface area contributed by atoms with Gasteiger partial charge in [0.05, 0.1) is 145 Å². The molecule has 0 bridgehead atoms. The molecule has 0 aromatic heterocycles. The molecule has 0 spiro atoms. The Morgan fingerprint density at radius 1 is 0.500 bits per heavy atom. The van der Waals surface area contributed by atoms with Crippen molar-refractivity contribution in [2.45, 2.75) is 0 Å². The smallest absolute Gasteiger partial charge is 0.257 e. The Balaban J connectivity index is 1.78. The number of amides is 1. The van der Waals surface area contributed by atoms with Crippen molar-refractivity contribution in [3.05, 3.63) is 39.3 Å². The van der Waals surface area contributed by atoms with E-state index in [-0.39, 0.29) is 26.4 Å². The first-order chi connectivity index (χ1) is 25.5. The van der Waals surface area contributed by atoms with E-state index in [9.17, 15) is 22.4 Å². The maximum atomic E-state index is 14.0. The summed E-state index contributed by atoms with van der Waals surface area (Å²) in [7, 11) is 0. The lowest BCUT2D eigenvalue weighted by Gasteiger charge is -2.10. The van der Waals surface area contributed by atoms with E-state index in [0.29, 0.717) is 132 Å². The average Bonchev–Trinajstić information content (AvgIpc) is 3.14. The van der Waals surface area contributed by atoms with Crippen molar-refractivity contribution < 1.29 is 74.5 Å². The third kappa shape index (κ3) is 23.7. The number of nitrogens with two attached hydrogens (primary N) is 1. The van der Waals surface area contributed by atoms with Crippen molar-refractivity contribution >= 4 is 11.6 Å². The second-order valence-electron chi connectivity index (χ2n) is 9.95. The molecule has 0 saturated heterocycles. The van der Waals surface area contributed by atoms with E-state index in [4.69, 9.17) is 63.4 Å². The number of nitrogens with zero attached hydrogens (tertiary/aromatic N) is 3. The van der Waals surface area contributed by atoms with E-state index in [2.05, 4.69) is 15.3 Å². The van der Waals surface area contributed by atoms with Gasteiger partial charge in [0.25, 0.3) is 5.91 Å². The van der Waals surface area contributed by atoms with Crippen molar-refractivity contribution in [3.8, 4) is 0 Å². The fraction of sp³-hybridized carbons (Fsp3) is 0.774. The number of azide groups is 1. The average molecular weight is 762 g/mol. The Morgan fingerprint density at radius 2 is 0.769 bits per heavy atom. The van der Waals surface area contributed by atoms with Crippen molar-refractivity contribution in [3.63, 3.8) is 0 Å². The van der Waals surface area contributed by atoms with Crippen LogP contribution in [0.15, 0.2) is 5.11 Å². The van der Waals surface area contributed by atoms with Gasteiger partial charge in [-0.2, -0.15) is 0 Å². The Hall–Kier alpha value is -2.76. The van der Waals surface area contributed by atoms with Gasteiger partial charge in [-0.1, -0.05) is 5.11 Å². The van der Waals surface area contributed by atoms with Crippen LogP contribution in [0, 0.1) is 23.3 Å². The van der Waals surface area contributed by atoms with E-state index in [1.165, 1.54) is 0 Å². The van der Waals surface area contributed by atoms with Gasteiger partial charge in [0.1, 0.15) is 11.3 Å². The Bertz CT molecular complexity index is 1080. The molecule has 1 rings (SSSR count). The van der Waals surface area contributed by atoms with E-state index >= 15 is 0 Å². The van der Waals surface area contributed by atoms with E-state index in [0.717, 1.165) is 0 Å². The van der Waals surface area contributed by atoms with E-state index in [1.54, 1.807) is 0 Å². The van der Waals surface area contributed by atoms with Crippen LogP contribution in [0.2, 0.25) is 0 Å². The summed E-state index contributed by atoms with van der Waals surface area (Å²) in [6.07, 6.45) is 0. The number of nitrogens with one attached hydrogen (secondary N) is 1. The maximum absolute atomic E-state index is 14.0. The summed E-state index contributed by atoms with van der Waals surface area (Å²) in [6, 6.07) is 0. The number of benzene rings is 1. The molecule has 0 saturated carbocycles. The maximum Gasteiger partial charge on any atom is 0.257 e. The molecular weight excluding hydrogens is 710 g/mol. The molecule has 1 amide bonds. The lowest BCUT2D eigenvalue weighted by atomic mass is 10.1. The number of halogens is 4. The largest absolute Gasteiger partial charge is 0.378 e. The molecule has 1 aromatic carbocycles. The molecule has 300 valence electrons. The highest BCUT2D eigenvalue weighted by atomic mass is 19.2. The Labute approximate surface area is 300 Å². The number of ether oxygens (including phenoxy) is 11. The molecule has 0 aliphatic carbocycles. The molecular formula is C31H51F4N5O12. The molecule has 3 N–H and O–H groups in total.